The van der Waals surface area contributed by atoms with Crippen molar-refractivity contribution in [1.29, 1.82) is 0 Å². The van der Waals surface area contributed by atoms with E-state index in [0.717, 1.165) is 25.9 Å². The normalized spacial score (nSPS) is 12.4. The SMILES string of the molecule is CCCCCCCCC=CCCCCCCCCN(CCCCCCCCCCCCCCCC)C(=O)C(N)CN. The fraction of sp³-hybridized carbons (Fsp3) is 0.919. The lowest BCUT2D eigenvalue weighted by Gasteiger charge is -2.25. The van der Waals surface area contributed by atoms with Crippen LogP contribution in [0.15, 0.2) is 12.2 Å². The molecule has 0 rings (SSSR count). The molecule has 0 aromatic heterocycles. The van der Waals surface area contributed by atoms with Gasteiger partial charge >= 0.3 is 0 Å². The molecule has 0 aliphatic rings. The maximum atomic E-state index is 12.7. The highest BCUT2D eigenvalue weighted by atomic mass is 16.2. The Hall–Kier alpha value is -0.870. The van der Waals surface area contributed by atoms with Crippen LogP contribution in [0.1, 0.15) is 194 Å². The smallest absolute Gasteiger partial charge is 0.240 e. The van der Waals surface area contributed by atoms with Gasteiger partial charge in [-0.25, -0.2) is 0 Å². The number of carbonyl (C=O) groups is 1. The minimum Gasteiger partial charge on any atom is -0.341 e. The maximum Gasteiger partial charge on any atom is 0.240 e. The standard InChI is InChI=1S/C37H75N3O/c1-3-5-7-9-11-13-15-17-19-20-22-24-26-28-30-32-34-40(37(41)36(39)35-38)33-31-29-27-25-23-21-18-16-14-12-10-8-6-4-2/h17,19,36H,3-16,18,20-35,38-39H2,1-2H3. The molecule has 1 atom stereocenters. The van der Waals surface area contributed by atoms with Gasteiger partial charge in [0.05, 0.1) is 6.04 Å². The number of nitrogens with two attached hydrogens (primary N) is 2. The molecule has 0 spiro atoms. The number of hydrogen-bond acceptors (Lipinski definition) is 3. The van der Waals surface area contributed by atoms with Gasteiger partial charge in [0, 0.05) is 19.6 Å². The highest BCUT2D eigenvalue weighted by Crippen LogP contribution is 2.14. The molecule has 1 unspecified atom stereocenters. The van der Waals surface area contributed by atoms with E-state index in [1.54, 1.807) is 0 Å². The third-order valence-electron chi connectivity index (χ3n) is 8.60. The van der Waals surface area contributed by atoms with E-state index in [4.69, 9.17) is 11.5 Å². The second-order valence-corrected chi connectivity index (χ2v) is 12.7. The number of rotatable bonds is 33. The second-order valence-electron chi connectivity index (χ2n) is 12.7. The second kappa shape index (κ2) is 33.6. The largest absolute Gasteiger partial charge is 0.341 e. The molecular weight excluding hydrogens is 502 g/mol. The number of allylic oxidation sites excluding steroid dienone is 2. The van der Waals surface area contributed by atoms with Crippen molar-refractivity contribution in [2.45, 2.75) is 200 Å². The van der Waals surface area contributed by atoms with Gasteiger partial charge in [-0.15, -0.1) is 0 Å². The average molecular weight is 578 g/mol. The third-order valence-corrected chi connectivity index (χ3v) is 8.60. The Morgan fingerprint density at radius 1 is 0.512 bits per heavy atom. The first-order chi connectivity index (χ1) is 20.2. The summed E-state index contributed by atoms with van der Waals surface area (Å²) in [6, 6.07) is -0.546. The van der Waals surface area contributed by atoms with Crippen LogP contribution in [-0.2, 0) is 4.79 Å². The van der Waals surface area contributed by atoms with E-state index < -0.39 is 6.04 Å². The van der Waals surface area contributed by atoms with Gasteiger partial charge in [0.1, 0.15) is 0 Å². The fourth-order valence-electron chi connectivity index (χ4n) is 5.71. The molecule has 0 fully saturated rings. The maximum absolute atomic E-state index is 12.7. The monoisotopic (exact) mass is 578 g/mol. The molecule has 41 heavy (non-hydrogen) atoms. The molecule has 244 valence electrons. The van der Waals surface area contributed by atoms with Crippen molar-refractivity contribution >= 4 is 5.91 Å². The first kappa shape index (κ1) is 40.1. The highest BCUT2D eigenvalue weighted by Gasteiger charge is 2.19. The van der Waals surface area contributed by atoms with Crippen molar-refractivity contribution < 1.29 is 4.79 Å². The van der Waals surface area contributed by atoms with Gasteiger partial charge in [-0.05, 0) is 38.5 Å². The van der Waals surface area contributed by atoms with Crippen LogP contribution in [0.4, 0.5) is 0 Å². The lowest BCUT2D eigenvalue weighted by molar-refractivity contribution is -0.132. The van der Waals surface area contributed by atoms with Crippen LogP contribution in [0, 0.1) is 0 Å². The van der Waals surface area contributed by atoms with Crippen molar-refractivity contribution in [2.75, 3.05) is 19.6 Å². The van der Waals surface area contributed by atoms with Crippen LogP contribution in [0.2, 0.25) is 0 Å². The van der Waals surface area contributed by atoms with E-state index >= 15 is 0 Å². The molecule has 0 aliphatic heterocycles. The lowest BCUT2D eigenvalue weighted by atomic mass is 10.0. The number of carbonyl (C=O) groups excluding carboxylic acids is 1. The van der Waals surface area contributed by atoms with Crippen LogP contribution in [0.25, 0.3) is 0 Å². The summed E-state index contributed by atoms with van der Waals surface area (Å²) in [6.45, 7) is 6.49. The minimum atomic E-state index is -0.546. The van der Waals surface area contributed by atoms with Gasteiger partial charge in [-0.3, -0.25) is 4.79 Å². The van der Waals surface area contributed by atoms with Crippen molar-refractivity contribution in [3.05, 3.63) is 12.2 Å². The van der Waals surface area contributed by atoms with E-state index in [-0.39, 0.29) is 12.5 Å². The van der Waals surface area contributed by atoms with Gasteiger partial charge in [0.15, 0.2) is 0 Å². The van der Waals surface area contributed by atoms with Gasteiger partial charge < -0.3 is 16.4 Å². The van der Waals surface area contributed by atoms with Crippen LogP contribution in [-0.4, -0.2) is 36.5 Å². The molecule has 0 aromatic carbocycles. The first-order valence-corrected chi connectivity index (χ1v) is 18.6. The molecule has 0 heterocycles. The van der Waals surface area contributed by atoms with E-state index in [1.807, 2.05) is 4.90 Å². The molecule has 4 heteroatoms. The summed E-state index contributed by atoms with van der Waals surface area (Å²) < 4.78 is 0. The summed E-state index contributed by atoms with van der Waals surface area (Å²) in [5.41, 5.74) is 11.7. The number of hydrogen-bond donors (Lipinski definition) is 2. The van der Waals surface area contributed by atoms with Crippen LogP contribution < -0.4 is 11.5 Å². The summed E-state index contributed by atoms with van der Waals surface area (Å²) in [5, 5.41) is 0. The Labute approximate surface area is 258 Å². The Morgan fingerprint density at radius 2 is 0.805 bits per heavy atom. The molecule has 0 saturated heterocycles. The molecule has 0 saturated carbocycles. The van der Waals surface area contributed by atoms with E-state index in [9.17, 15) is 4.79 Å². The lowest BCUT2D eigenvalue weighted by Crippen LogP contribution is -2.48. The zero-order valence-electron chi connectivity index (χ0n) is 28.2. The molecule has 0 bridgehead atoms. The molecule has 4 nitrogen and oxygen atoms in total. The predicted octanol–water partition coefficient (Wildman–Crippen LogP) is 10.6. The predicted molar refractivity (Wildman–Crippen MR) is 183 cm³/mol. The Morgan fingerprint density at radius 3 is 1.12 bits per heavy atom. The van der Waals surface area contributed by atoms with Gasteiger partial charge in [0.25, 0.3) is 0 Å². The van der Waals surface area contributed by atoms with Gasteiger partial charge in [0.2, 0.25) is 5.91 Å². The average Bonchev–Trinajstić information content (AvgIpc) is 2.99. The van der Waals surface area contributed by atoms with Crippen LogP contribution in [0.5, 0.6) is 0 Å². The number of unbranched alkanes of at least 4 members (excludes halogenated alkanes) is 25. The van der Waals surface area contributed by atoms with Crippen molar-refractivity contribution in [3.8, 4) is 0 Å². The molecular formula is C37H75N3O. The first-order valence-electron chi connectivity index (χ1n) is 18.6. The van der Waals surface area contributed by atoms with Gasteiger partial charge in [-0.2, -0.15) is 0 Å². The quantitative estimate of drug-likeness (QED) is 0.0602. The summed E-state index contributed by atoms with van der Waals surface area (Å²) >= 11 is 0. The number of amides is 1. The Bertz CT molecular complexity index is 550. The van der Waals surface area contributed by atoms with E-state index in [1.165, 1.54) is 167 Å². The fourth-order valence-corrected chi connectivity index (χ4v) is 5.71. The summed E-state index contributed by atoms with van der Waals surface area (Å²) in [7, 11) is 0. The van der Waals surface area contributed by atoms with E-state index in [2.05, 4.69) is 26.0 Å². The van der Waals surface area contributed by atoms with Gasteiger partial charge in [-0.1, -0.05) is 167 Å². The van der Waals surface area contributed by atoms with Crippen LogP contribution >= 0.6 is 0 Å². The Balaban J connectivity index is 3.76. The number of nitrogens with zero attached hydrogens (tertiary/aromatic N) is 1. The summed E-state index contributed by atoms with van der Waals surface area (Å²) in [6.07, 6.45) is 42.0. The minimum absolute atomic E-state index is 0.0509. The zero-order valence-corrected chi connectivity index (χ0v) is 28.2. The van der Waals surface area contributed by atoms with Crippen molar-refractivity contribution in [3.63, 3.8) is 0 Å². The molecule has 0 radical (unpaired) electrons. The molecule has 1 amide bonds. The van der Waals surface area contributed by atoms with E-state index in [0.29, 0.717) is 0 Å². The zero-order chi connectivity index (χ0) is 30.1. The summed E-state index contributed by atoms with van der Waals surface area (Å²) in [5.74, 6) is 0.0509. The summed E-state index contributed by atoms with van der Waals surface area (Å²) in [4.78, 5) is 14.8. The molecule has 4 N–H and O–H groups in total. The topological polar surface area (TPSA) is 72.3 Å². The van der Waals surface area contributed by atoms with Crippen molar-refractivity contribution in [2.24, 2.45) is 11.5 Å². The highest BCUT2D eigenvalue weighted by molar-refractivity contribution is 5.81. The Kier molecular flexibility index (Phi) is 32.9. The third kappa shape index (κ3) is 29.0. The van der Waals surface area contributed by atoms with Crippen LogP contribution in [0.3, 0.4) is 0 Å². The molecule has 0 aliphatic carbocycles. The molecule has 0 aromatic rings. The van der Waals surface area contributed by atoms with Crippen molar-refractivity contribution in [1.82, 2.24) is 4.90 Å².